The van der Waals surface area contributed by atoms with Crippen LogP contribution in [0.5, 0.6) is 0 Å². The van der Waals surface area contributed by atoms with Crippen molar-refractivity contribution in [2.75, 3.05) is 19.8 Å². The van der Waals surface area contributed by atoms with Gasteiger partial charge in [0.2, 0.25) is 0 Å². The van der Waals surface area contributed by atoms with Gasteiger partial charge < -0.3 is 14.8 Å². The molecule has 0 unspecified atom stereocenters. The molecule has 1 amide bonds. The first kappa shape index (κ1) is 22.5. The standard InChI is InChI=1S/C19H35NO4/c1-4-5-6-7-8-9-10-11-12-13-15-24-19(22)20-14-16-23-18(21)17(2)3/h2,4-16H2,1,3H3,(H,20,22). The van der Waals surface area contributed by atoms with E-state index in [0.29, 0.717) is 12.2 Å². The van der Waals surface area contributed by atoms with Crippen molar-refractivity contribution in [3.05, 3.63) is 12.2 Å². The molecular formula is C19H35NO4. The molecule has 0 saturated carbocycles. The number of rotatable bonds is 15. The maximum absolute atomic E-state index is 11.4. The van der Waals surface area contributed by atoms with Crippen LogP contribution in [0.15, 0.2) is 12.2 Å². The van der Waals surface area contributed by atoms with Gasteiger partial charge in [-0.15, -0.1) is 0 Å². The SMILES string of the molecule is C=C(C)C(=O)OCCNC(=O)OCCCCCCCCCCCC. The number of nitrogens with one attached hydrogen (secondary N) is 1. The van der Waals surface area contributed by atoms with Gasteiger partial charge in [-0.25, -0.2) is 9.59 Å². The van der Waals surface area contributed by atoms with Crippen LogP contribution < -0.4 is 5.32 Å². The Hall–Kier alpha value is -1.52. The Morgan fingerprint density at radius 3 is 1.92 bits per heavy atom. The number of hydrogen-bond donors (Lipinski definition) is 1. The molecule has 0 aromatic heterocycles. The number of carbonyl (C=O) groups excluding carboxylic acids is 2. The van der Waals surface area contributed by atoms with E-state index in [1.807, 2.05) is 0 Å². The van der Waals surface area contributed by atoms with Crippen molar-refractivity contribution in [1.82, 2.24) is 5.32 Å². The van der Waals surface area contributed by atoms with Gasteiger partial charge >= 0.3 is 12.1 Å². The molecule has 5 nitrogen and oxygen atoms in total. The number of ether oxygens (including phenoxy) is 2. The minimum Gasteiger partial charge on any atom is -0.460 e. The van der Waals surface area contributed by atoms with E-state index >= 15 is 0 Å². The summed E-state index contributed by atoms with van der Waals surface area (Å²) in [5.41, 5.74) is 0.346. The fourth-order valence-corrected chi connectivity index (χ4v) is 2.23. The van der Waals surface area contributed by atoms with Crippen molar-refractivity contribution < 1.29 is 19.1 Å². The molecule has 0 fully saturated rings. The van der Waals surface area contributed by atoms with Crippen LogP contribution in [0.3, 0.4) is 0 Å². The number of hydrogen-bond acceptors (Lipinski definition) is 4. The van der Waals surface area contributed by atoms with Crippen LogP contribution in [0, 0.1) is 0 Å². The third-order valence-electron chi connectivity index (χ3n) is 3.68. The van der Waals surface area contributed by atoms with E-state index < -0.39 is 12.1 Å². The summed E-state index contributed by atoms with van der Waals surface area (Å²) in [5, 5.41) is 2.54. The molecule has 0 radical (unpaired) electrons. The molecule has 0 atom stereocenters. The lowest BCUT2D eigenvalue weighted by molar-refractivity contribution is -0.138. The van der Waals surface area contributed by atoms with Crippen molar-refractivity contribution in [2.24, 2.45) is 0 Å². The summed E-state index contributed by atoms with van der Waals surface area (Å²) < 4.78 is 9.92. The second-order valence-corrected chi connectivity index (χ2v) is 6.16. The van der Waals surface area contributed by atoms with Crippen molar-refractivity contribution in [2.45, 2.75) is 78.1 Å². The molecule has 0 heterocycles. The quantitative estimate of drug-likeness (QED) is 0.265. The Labute approximate surface area is 147 Å². The first-order valence-corrected chi connectivity index (χ1v) is 9.31. The second kappa shape index (κ2) is 16.3. The Morgan fingerprint density at radius 2 is 1.38 bits per heavy atom. The zero-order valence-electron chi connectivity index (χ0n) is 15.5. The summed E-state index contributed by atoms with van der Waals surface area (Å²) in [6.45, 7) is 8.10. The van der Waals surface area contributed by atoms with Crippen LogP contribution in [-0.4, -0.2) is 31.8 Å². The Balaban J connectivity index is 3.26. The smallest absolute Gasteiger partial charge is 0.407 e. The molecule has 1 N–H and O–H groups in total. The monoisotopic (exact) mass is 341 g/mol. The third-order valence-corrected chi connectivity index (χ3v) is 3.68. The van der Waals surface area contributed by atoms with E-state index in [4.69, 9.17) is 9.47 Å². The summed E-state index contributed by atoms with van der Waals surface area (Å²) in [6, 6.07) is 0. The number of carbonyl (C=O) groups is 2. The topological polar surface area (TPSA) is 64.6 Å². The minimum atomic E-state index is -0.461. The maximum Gasteiger partial charge on any atom is 0.407 e. The molecule has 5 heteroatoms. The van der Waals surface area contributed by atoms with Crippen LogP contribution >= 0.6 is 0 Å². The van der Waals surface area contributed by atoms with Gasteiger partial charge in [0.15, 0.2) is 0 Å². The summed E-state index contributed by atoms with van der Waals surface area (Å²) in [4.78, 5) is 22.5. The Morgan fingerprint density at radius 1 is 0.833 bits per heavy atom. The van der Waals surface area contributed by atoms with Crippen LogP contribution in [0.1, 0.15) is 78.1 Å². The van der Waals surface area contributed by atoms with Crippen molar-refractivity contribution >= 4 is 12.1 Å². The molecule has 0 bridgehead atoms. The highest BCUT2D eigenvalue weighted by molar-refractivity contribution is 5.86. The number of amides is 1. The number of alkyl carbamates (subject to hydrolysis) is 1. The van der Waals surface area contributed by atoms with Gasteiger partial charge in [0.05, 0.1) is 13.2 Å². The zero-order chi connectivity index (χ0) is 18.0. The van der Waals surface area contributed by atoms with Crippen LogP contribution in [-0.2, 0) is 14.3 Å². The lowest BCUT2D eigenvalue weighted by atomic mass is 10.1. The first-order chi connectivity index (χ1) is 11.6. The summed E-state index contributed by atoms with van der Waals surface area (Å²) in [7, 11) is 0. The number of esters is 1. The Kier molecular flexibility index (Phi) is 15.3. The molecule has 0 aliphatic heterocycles. The molecule has 24 heavy (non-hydrogen) atoms. The van der Waals surface area contributed by atoms with Crippen molar-refractivity contribution in [3.63, 3.8) is 0 Å². The molecule has 0 aliphatic carbocycles. The van der Waals surface area contributed by atoms with E-state index in [1.54, 1.807) is 6.92 Å². The molecule has 0 spiro atoms. The van der Waals surface area contributed by atoms with Gasteiger partial charge in [0, 0.05) is 5.57 Å². The van der Waals surface area contributed by atoms with E-state index in [2.05, 4.69) is 18.8 Å². The minimum absolute atomic E-state index is 0.124. The molecule has 0 rings (SSSR count). The first-order valence-electron chi connectivity index (χ1n) is 9.31. The van der Waals surface area contributed by atoms with E-state index in [1.165, 1.54) is 51.4 Å². The average Bonchev–Trinajstić information content (AvgIpc) is 2.56. The van der Waals surface area contributed by atoms with E-state index in [-0.39, 0.29) is 13.2 Å². The summed E-state index contributed by atoms with van der Waals surface area (Å²) in [6.07, 6.45) is 12.0. The fraction of sp³-hybridized carbons (Fsp3) is 0.789. The van der Waals surface area contributed by atoms with E-state index in [0.717, 1.165) is 12.8 Å². The van der Waals surface area contributed by atoms with Gasteiger partial charge in [-0.3, -0.25) is 0 Å². The van der Waals surface area contributed by atoms with Crippen LogP contribution in [0.2, 0.25) is 0 Å². The second-order valence-electron chi connectivity index (χ2n) is 6.16. The Bertz CT molecular complexity index is 355. The van der Waals surface area contributed by atoms with Crippen molar-refractivity contribution in [1.29, 1.82) is 0 Å². The molecule has 0 aromatic carbocycles. The van der Waals surface area contributed by atoms with Gasteiger partial charge in [0.25, 0.3) is 0 Å². The third kappa shape index (κ3) is 15.4. The van der Waals surface area contributed by atoms with Crippen LogP contribution in [0.25, 0.3) is 0 Å². The average molecular weight is 341 g/mol. The normalized spacial score (nSPS) is 10.2. The van der Waals surface area contributed by atoms with Gasteiger partial charge in [-0.05, 0) is 13.3 Å². The molecular weight excluding hydrogens is 306 g/mol. The highest BCUT2D eigenvalue weighted by atomic mass is 16.6. The van der Waals surface area contributed by atoms with Gasteiger partial charge in [0.1, 0.15) is 6.61 Å². The molecule has 140 valence electrons. The van der Waals surface area contributed by atoms with Crippen molar-refractivity contribution in [3.8, 4) is 0 Å². The fourth-order valence-electron chi connectivity index (χ4n) is 2.23. The lowest BCUT2D eigenvalue weighted by Gasteiger charge is -2.08. The summed E-state index contributed by atoms with van der Waals surface area (Å²) >= 11 is 0. The van der Waals surface area contributed by atoms with Gasteiger partial charge in [-0.1, -0.05) is 71.3 Å². The largest absolute Gasteiger partial charge is 0.460 e. The highest BCUT2D eigenvalue weighted by Gasteiger charge is 2.04. The molecule has 0 aliphatic rings. The van der Waals surface area contributed by atoms with Crippen LogP contribution in [0.4, 0.5) is 4.79 Å². The molecule has 0 aromatic rings. The predicted molar refractivity (Wildman–Crippen MR) is 97.0 cm³/mol. The molecule has 0 saturated heterocycles. The summed E-state index contributed by atoms with van der Waals surface area (Å²) in [5.74, 6) is -0.449. The zero-order valence-corrected chi connectivity index (χ0v) is 15.5. The van der Waals surface area contributed by atoms with E-state index in [9.17, 15) is 9.59 Å². The number of unbranched alkanes of at least 4 members (excludes halogenated alkanes) is 9. The predicted octanol–water partition coefficient (Wildman–Crippen LogP) is 4.75. The highest BCUT2D eigenvalue weighted by Crippen LogP contribution is 2.10. The maximum atomic E-state index is 11.4. The van der Waals surface area contributed by atoms with Gasteiger partial charge in [-0.2, -0.15) is 0 Å². The lowest BCUT2D eigenvalue weighted by Crippen LogP contribution is -2.29.